The van der Waals surface area contributed by atoms with Gasteiger partial charge >= 0.3 is 12.0 Å². The van der Waals surface area contributed by atoms with Crippen LogP contribution in [0.3, 0.4) is 0 Å². The Kier molecular flexibility index (Phi) is 4.44. The van der Waals surface area contributed by atoms with Crippen LogP contribution < -0.4 is 9.88 Å². The van der Waals surface area contributed by atoms with Crippen LogP contribution in [0.5, 0.6) is 0 Å². The van der Waals surface area contributed by atoms with Crippen molar-refractivity contribution in [1.82, 2.24) is 14.4 Å². The van der Waals surface area contributed by atoms with Gasteiger partial charge in [-0.2, -0.15) is 0 Å². The molecule has 1 aromatic heterocycles. The van der Waals surface area contributed by atoms with Crippen LogP contribution in [-0.2, 0) is 11.3 Å². The number of aryl methyl sites for hydroxylation is 2. The minimum Gasteiger partial charge on any atom is -0.382 e. The number of carbonyl (C=O) groups excluding carboxylic acids is 2. The summed E-state index contributed by atoms with van der Waals surface area (Å²) in [7, 11) is 3.18. The van der Waals surface area contributed by atoms with Crippen molar-refractivity contribution in [3.63, 3.8) is 0 Å². The lowest BCUT2D eigenvalue weighted by Crippen LogP contribution is -2.56. The number of imide groups is 1. The molecule has 0 aliphatic carbocycles. The summed E-state index contributed by atoms with van der Waals surface area (Å²) in [6.45, 7) is 9.65. The highest BCUT2D eigenvalue weighted by atomic mass is 16.2. The number of nitrogens with one attached hydrogen (secondary N) is 1. The van der Waals surface area contributed by atoms with Crippen LogP contribution in [0.4, 0.5) is 16.4 Å². The second-order valence-electron chi connectivity index (χ2n) is 7.85. The first-order chi connectivity index (χ1) is 13.7. The number of urea groups is 1. The minimum absolute atomic E-state index is 0.246. The van der Waals surface area contributed by atoms with Crippen molar-refractivity contribution in [2.45, 2.75) is 40.3 Å². The van der Waals surface area contributed by atoms with E-state index in [0.29, 0.717) is 18.3 Å². The fourth-order valence-electron chi connectivity index (χ4n) is 4.16. The molecule has 0 bridgehead atoms. The molecule has 1 aromatic carbocycles. The zero-order valence-electron chi connectivity index (χ0n) is 17.8. The second-order valence-corrected chi connectivity index (χ2v) is 7.85. The van der Waals surface area contributed by atoms with Crippen LogP contribution in [-0.4, -0.2) is 52.8 Å². The molecular formula is C21H27N6O2+. The average Bonchev–Trinajstić information content (AvgIpc) is 3.17. The third-order valence-electron chi connectivity index (χ3n) is 5.98. The smallest absolute Gasteiger partial charge is 0.382 e. The summed E-state index contributed by atoms with van der Waals surface area (Å²) in [6.07, 6.45) is 0. The van der Waals surface area contributed by atoms with Gasteiger partial charge in [0.1, 0.15) is 11.4 Å². The molecule has 3 heterocycles. The van der Waals surface area contributed by atoms with Gasteiger partial charge in [0.05, 0.1) is 6.54 Å². The number of hydrogen-bond acceptors (Lipinski definition) is 4. The Morgan fingerprint density at radius 3 is 2.52 bits per heavy atom. The van der Waals surface area contributed by atoms with Gasteiger partial charge in [-0.1, -0.05) is 22.7 Å². The maximum absolute atomic E-state index is 12.8. The van der Waals surface area contributed by atoms with Crippen LogP contribution in [0.25, 0.3) is 0 Å². The van der Waals surface area contributed by atoms with E-state index in [0.717, 1.165) is 23.6 Å². The summed E-state index contributed by atoms with van der Waals surface area (Å²) in [5.74, 6) is 0.960. The van der Waals surface area contributed by atoms with Gasteiger partial charge in [0, 0.05) is 26.3 Å². The molecule has 0 radical (unpaired) electrons. The van der Waals surface area contributed by atoms with Crippen LogP contribution in [0.2, 0.25) is 0 Å². The Labute approximate surface area is 170 Å². The van der Waals surface area contributed by atoms with E-state index >= 15 is 0 Å². The lowest BCUT2D eigenvalue weighted by atomic mass is 10.1. The van der Waals surface area contributed by atoms with Crippen LogP contribution >= 0.6 is 0 Å². The highest BCUT2D eigenvalue weighted by molar-refractivity contribution is 6.20. The largest absolute Gasteiger partial charge is 0.402 e. The number of aliphatic imine (C=N–C) groups is 1. The number of rotatable bonds is 4. The van der Waals surface area contributed by atoms with E-state index in [1.165, 1.54) is 28.0 Å². The third-order valence-corrected chi connectivity index (χ3v) is 5.98. The van der Waals surface area contributed by atoms with Crippen LogP contribution in [0, 0.1) is 27.7 Å². The molecule has 8 nitrogen and oxygen atoms in total. The van der Waals surface area contributed by atoms with Gasteiger partial charge in [-0.25, -0.2) is 13.9 Å². The van der Waals surface area contributed by atoms with Crippen molar-refractivity contribution >= 4 is 29.4 Å². The number of hydrogen-bond donors (Lipinski definition) is 1. The first kappa shape index (κ1) is 19.2. The predicted molar refractivity (Wildman–Crippen MR) is 111 cm³/mol. The monoisotopic (exact) mass is 395 g/mol. The lowest BCUT2D eigenvalue weighted by molar-refractivity contribution is -0.686. The Morgan fingerprint density at radius 2 is 1.83 bits per heavy atom. The van der Waals surface area contributed by atoms with E-state index in [9.17, 15) is 9.59 Å². The predicted octanol–water partition coefficient (Wildman–Crippen LogP) is 2.23. The number of amidine groups is 1. The Balaban J connectivity index is 1.63. The number of likely N-dealkylation sites (N-methyl/N-ethyl adjacent to an activating group) is 2. The van der Waals surface area contributed by atoms with E-state index in [-0.39, 0.29) is 11.9 Å². The Hall–Kier alpha value is -3.16. The van der Waals surface area contributed by atoms with E-state index in [1.54, 1.807) is 7.05 Å². The molecule has 1 unspecified atom stereocenters. The number of benzene rings is 1. The van der Waals surface area contributed by atoms with E-state index in [2.05, 4.69) is 41.9 Å². The maximum atomic E-state index is 12.8. The zero-order chi connectivity index (χ0) is 21.0. The van der Waals surface area contributed by atoms with Gasteiger partial charge in [-0.3, -0.25) is 14.6 Å². The van der Waals surface area contributed by atoms with Gasteiger partial charge in [0.2, 0.25) is 11.9 Å². The summed E-state index contributed by atoms with van der Waals surface area (Å²) >= 11 is 0. The van der Waals surface area contributed by atoms with Gasteiger partial charge in [0.25, 0.3) is 5.91 Å². The first-order valence-corrected chi connectivity index (χ1v) is 9.78. The molecule has 3 amide bonds. The number of aromatic nitrogens is 2. The fourth-order valence-corrected chi connectivity index (χ4v) is 4.16. The van der Waals surface area contributed by atoms with Crippen molar-refractivity contribution in [2.24, 2.45) is 4.99 Å². The molecule has 1 N–H and O–H groups in total. The highest BCUT2D eigenvalue weighted by Crippen LogP contribution is 2.34. The fraction of sp³-hybridized carbons (Fsp3) is 0.429. The van der Waals surface area contributed by atoms with Crippen molar-refractivity contribution in [1.29, 1.82) is 0 Å². The molecule has 4 rings (SSSR count). The minimum atomic E-state index is -0.579. The summed E-state index contributed by atoms with van der Waals surface area (Å²) < 4.78 is 4.06. The summed E-state index contributed by atoms with van der Waals surface area (Å²) in [5, 5.41) is 3.49. The summed E-state index contributed by atoms with van der Waals surface area (Å²) in [5.41, 5.74) is 5.62. The number of amides is 3. The summed E-state index contributed by atoms with van der Waals surface area (Å²) in [4.78, 5) is 32.4. The summed E-state index contributed by atoms with van der Waals surface area (Å²) in [6, 6.07) is 5.42. The van der Waals surface area contributed by atoms with E-state index in [1.807, 2.05) is 18.4 Å². The molecule has 1 atom stereocenters. The third kappa shape index (κ3) is 2.82. The molecule has 0 spiro atoms. The molecule has 1 saturated heterocycles. The number of imidazole rings is 1. The number of nitrogens with zero attached hydrogens (tertiary/aromatic N) is 5. The standard InChI is InChI=1S/C21H27N6O2/c1-12-7-8-16(13(2)11-12)22-9-10-26-14(3)15(4)27-17-18(23-20(26)27)24(5)21(29)25(6)19(17)28/h7-8,11,17,22H,9-10H2,1-6H3/q+1. The SMILES string of the molecule is Cc1ccc(NCC[n+]2c(C)c(C)n3c2N=C2C3C(=O)N(C)C(=O)N2C)c(C)c1. The number of anilines is 1. The molecule has 2 aliphatic rings. The van der Waals surface area contributed by atoms with Gasteiger partial charge in [0.15, 0.2) is 0 Å². The lowest BCUT2D eigenvalue weighted by Gasteiger charge is -2.30. The maximum Gasteiger partial charge on any atom is 0.402 e. The molecule has 2 aliphatic heterocycles. The normalized spacial score (nSPS) is 18.1. The second kappa shape index (κ2) is 6.72. The molecule has 152 valence electrons. The highest BCUT2D eigenvalue weighted by Gasteiger charge is 2.53. The van der Waals surface area contributed by atoms with E-state index < -0.39 is 6.04 Å². The van der Waals surface area contributed by atoms with Gasteiger partial charge in [-0.15, -0.1) is 0 Å². The zero-order valence-corrected chi connectivity index (χ0v) is 17.8. The van der Waals surface area contributed by atoms with Crippen molar-refractivity contribution in [3.8, 4) is 0 Å². The van der Waals surface area contributed by atoms with Crippen molar-refractivity contribution in [3.05, 3.63) is 40.7 Å². The first-order valence-electron chi connectivity index (χ1n) is 9.78. The molecule has 8 heteroatoms. The quantitative estimate of drug-likeness (QED) is 0.807. The molecular weight excluding hydrogens is 368 g/mol. The molecule has 0 saturated carbocycles. The number of fused-ring (bicyclic) bond motifs is 3. The molecule has 1 fully saturated rings. The molecule has 29 heavy (non-hydrogen) atoms. The van der Waals surface area contributed by atoms with Crippen LogP contribution in [0.1, 0.15) is 28.6 Å². The van der Waals surface area contributed by atoms with E-state index in [4.69, 9.17) is 4.99 Å². The van der Waals surface area contributed by atoms with Gasteiger partial charge in [-0.05, 0) is 39.3 Å². The van der Waals surface area contributed by atoms with Crippen molar-refractivity contribution in [2.75, 3.05) is 26.0 Å². The Bertz CT molecular complexity index is 1070. The number of carbonyl (C=O) groups is 2. The average molecular weight is 395 g/mol. The Morgan fingerprint density at radius 1 is 1.10 bits per heavy atom. The van der Waals surface area contributed by atoms with Crippen molar-refractivity contribution < 1.29 is 14.2 Å². The topological polar surface area (TPSA) is 73.8 Å². The van der Waals surface area contributed by atoms with Gasteiger partial charge < -0.3 is 5.32 Å². The molecule has 2 aromatic rings. The van der Waals surface area contributed by atoms with Crippen LogP contribution in [0.15, 0.2) is 23.2 Å².